The van der Waals surface area contributed by atoms with E-state index in [9.17, 15) is 14.4 Å². The number of ether oxygens (including phenoxy) is 1. The highest BCUT2D eigenvalue weighted by Gasteiger charge is 2.31. The minimum absolute atomic E-state index is 0.164. The van der Waals surface area contributed by atoms with Gasteiger partial charge in [0.05, 0.1) is 23.5 Å². The first kappa shape index (κ1) is 19.2. The molecule has 3 amide bonds. The van der Waals surface area contributed by atoms with Crippen LogP contribution in [-0.2, 0) is 9.59 Å². The Bertz CT molecular complexity index is 858. The molecule has 146 valence electrons. The summed E-state index contributed by atoms with van der Waals surface area (Å²) in [7, 11) is 0. The standard InChI is InChI=1S/C19H20N4O5/c24-17(21-14-4-3-8-20-10-14)12-28-16-6-2-1-5-15(16)22-19(27)23-9-7-13(11-23)18(25)26/h1-6,8,10,13H,7,9,11-12H2,(H,21,24)(H,22,27)(H,25,26). The second-order valence-corrected chi connectivity index (χ2v) is 6.27. The van der Waals surface area contributed by atoms with Gasteiger partial charge in [-0.15, -0.1) is 0 Å². The van der Waals surface area contributed by atoms with Gasteiger partial charge in [-0.05, 0) is 30.7 Å². The Morgan fingerprint density at radius 1 is 1.18 bits per heavy atom. The zero-order valence-electron chi connectivity index (χ0n) is 15.0. The third kappa shape index (κ3) is 4.97. The fourth-order valence-corrected chi connectivity index (χ4v) is 2.81. The number of nitrogens with zero attached hydrogens (tertiary/aromatic N) is 2. The van der Waals surface area contributed by atoms with Crippen molar-refractivity contribution >= 4 is 29.3 Å². The van der Waals surface area contributed by atoms with Crippen LogP contribution in [0.3, 0.4) is 0 Å². The van der Waals surface area contributed by atoms with E-state index in [0.717, 1.165) is 0 Å². The van der Waals surface area contributed by atoms with Crippen molar-refractivity contribution in [1.29, 1.82) is 0 Å². The van der Waals surface area contributed by atoms with Crippen molar-refractivity contribution < 1.29 is 24.2 Å². The minimum Gasteiger partial charge on any atom is -0.482 e. The molecule has 0 spiro atoms. The monoisotopic (exact) mass is 384 g/mol. The average molecular weight is 384 g/mol. The molecule has 1 aliphatic rings. The van der Waals surface area contributed by atoms with Crippen LogP contribution >= 0.6 is 0 Å². The number of carboxylic acids is 1. The number of carbonyl (C=O) groups is 3. The molecule has 1 aromatic carbocycles. The maximum Gasteiger partial charge on any atom is 0.321 e. The van der Waals surface area contributed by atoms with E-state index in [2.05, 4.69) is 15.6 Å². The van der Waals surface area contributed by atoms with Crippen LogP contribution in [-0.4, -0.2) is 52.6 Å². The van der Waals surface area contributed by atoms with Gasteiger partial charge < -0.3 is 25.4 Å². The summed E-state index contributed by atoms with van der Waals surface area (Å²) in [5.41, 5.74) is 0.958. The summed E-state index contributed by atoms with van der Waals surface area (Å²) < 4.78 is 5.53. The first-order valence-corrected chi connectivity index (χ1v) is 8.73. The summed E-state index contributed by atoms with van der Waals surface area (Å²) >= 11 is 0. The molecular weight excluding hydrogens is 364 g/mol. The van der Waals surface area contributed by atoms with Crippen molar-refractivity contribution in [3.05, 3.63) is 48.8 Å². The van der Waals surface area contributed by atoms with Crippen LogP contribution in [0.5, 0.6) is 5.75 Å². The van der Waals surface area contributed by atoms with Crippen molar-refractivity contribution in [2.45, 2.75) is 6.42 Å². The number of pyridine rings is 1. The lowest BCUT2D eigenvalue weighted by atomic mass is 10.1. The number of hydrogen-bond acceptors (Lipinski definition) is 5. The molecule has 9 nitrogen and oxygen atoms in total. The number of carbonyl (C=O) groups excluding carboxylic acids is 2. The second kappa shape index (κ2) is 8.85. The number of aliphatic carboxylic acids is 1. The zero-order valence-corrected chi connectivity index (χ0v) is 15.0. The number of para-hydroxylation sites is 2. The normalized spacial score (nSPS) is 15.7. The van der Waals surface area contributed by atoms with Crippen LogP contribution in [0.2, 0.25) is 0 Å². The van der Waals surface area contributed by atoms with Crippen molar-refractivity contribution in [2.24, 2.45) is 5.92 Å². The van der Waals surface area contributed by atoms with Gasteiger partial charge in [-0.3, -0.25) is 14.6 Å². The quantitative estimate of drug-likeness (QED) is 0.701. The molecule has 3 rings (SSSR count). The van der Waals surface area contributed by atoms with Crippen molar-refractivity contribution in [3.63, 3.8) is 0 Å². The molecule has 0 bridgehead atoms. The van der Waals surface area contributed by atoms with Gasteiger partial charge >= 0.3 is 12.0 Å². The highest BCUT2D eigenvalue weighted by atomic mass is 16.5. The molecule has 0 radical (unpaired) electrons. The number of urea groups is 1. The number of nitrogens with one attached hydrogen (secondary N) is 2. The maximum atomic E-state index is 12.4. The molecule has 2 heterocycles. The van der Waals surface area contributed by atoms with Crippen LogP contribution in [0.15, 0.2) is 48.8 Å². The van der Waals surface area contributed by atoms with Crippen molar-refractivity contribution in [2.75, 3.05) is 30.3 Å². The number of likely N-dealkylation sites (tertiary alicyclic amines) is 1. The Labute approximate surface area is 161 Å². The van der Waals surface area contributed by atoms with E-state index in [4.69, 9.17) is 9.84 Å². The second-order valence-electron chi connectivity index (χ2n) is 6.27. The smallest absolute Gasteiger partial charge is 0.321 e. The lowest BCUT2D eigenvalue weighted by molar-refractivity contribution is -0.141. The fraction of sp³-hybridized carbons (Fsp3) is 0.263. The maximum absolute atomic E-state index is 12.4. The van der Waals surface area contributed by atoms with Gasteiger partial charge in [0.2, 0.25) is 0 Å². The topological polar surface area (TPSA) is 121 Å². The molecule has 1 aromatic heterocycles. The Morgan fingerprint density at radius 3 is 2.71 bits per heavy atom. The lowest BCUT2D eigenvalue weighted by Gasteiger charge is -2.18. The largest absolute Gasteiger partial charge is 0.482 e. The van der Waals surface area contributed by atoms with Gasteiger partial charge in [0.25, 0.3) is 5.91 Å². The van der Waals surface area contributed by atoms with E-state index in [1.165, 1.54) is 11.1 Å². The molecule has 2 aromatic rings. The molecule has 1 atom stereocenters. The van der Waals surface area contributed by atoms with E-state index >= 15 is 0 Å². The van der Waals surface area contributed by atoms with E-state index in [1.807, 2.05) is 0 Å². The van der Waals surface area contributed by atoms with Crippen LogP contribution in [0.1, 0.15) is 6.42 Å². The lowest BCUT2D eigenvalue weighted by Crippen LogP contribution is -2.34. The highest BCUT2D eigenvalue weighted by molar-refractivity contribution is 5.93. The minimum atomic E-state index is -0.904. The molecule has 0 saturated carbocycles. The van der Waals surface area contributed by atoms with E-state index in [0.29, 0.717) is 30.1 Å². The average Bonchev–Trinajstić information content (AvgIpc) is 3.19. The Morgan fingerprint density at radius 2 is 2.00 bits per heavy atom. The third-order valence-electron chi connectivity index (χ3n) is 4.26. The summed E-state index contributed by atoms with van der Waals surface area (Å²) in [4.78, 5) is 40.8. The molecule has 1 unspecified atom stereocenters. The number of anilines is 2. The van der Waals surface area contributed by atoms with E-state index < -0.39 is 17.9 Å². The number of amides is 3. The number of hydrogen-bond donors (Lipinski definition) is 3. The number of benzene rings is 1. The SMILES string of the molecule is O=C(COc1ccccc1NC(=O)N1CCC(C(=O)O)C1)Nc1cccnc1. The summed E-state index contributed by atoms with van der Waals surface area (Å²) in [5.74, 6) is -1.48. The first-order valence-electron chi connectivity index (χ1n) is 8.73. The van der Waals surface area contributed by atoms with E-state index in [1.54, 1.807) is 42.6 Å². The Hall–Kier alpha value is -3.62. The molecule has 28 heavy (non-hydrogen) atoms. The molecule has 1 saturated heterocycles. The molecule has 0 aliphatic carbocycles. The number of carboxylic acid groups (broad SMARTS) is 1. The summed E-state index contributed by atoms with van der Waals surface area (Å²) in [5, 5.41) is 14.4. The zero-order chi connectivity index (χ0) is 19.9. The first-order chi connectivity index (χ1) is 13.5. The molecule has 1 aliphatic heterocycles. The fourth-order valence-electron chi connectivity index (χ4n) is 2.81. The Balaban J connectivity index is 1.56. The molecule has 9 heteroatoms. The molecular formula is C19H20N4O5. The van der Waals surface area contributed by atoms with Crippen LogP contribution in [0, 0.1) is 5.92 Å². The third-order valence-corrected chi connectivity index (χ3v) is 4.26. The molecule has 3 N–H and O–H groups in total. The van der Waals surface area contributed by atoms with Gasteiger partial charge in [-0.2, -0.15) is 0 Å². The van der Waals surface area contributed by atoms with Gasteiger partial charge in [0, 0.05) is 19.3 Å². The summed E-state index contributed by atoms with van der Waals surface area (Å²) in [6.07, 6.45) is 3.55. The van der Waals surface area contributed by atoms with Crippen LogP contribution in [0.25, 0.3) is 0 Å². The molecule has 1 fully saturated rings. The summed E-state index contributed by atoms with van der Waals surface area (Å²) in [6.45, 7) is 0.295. The highest BCUT2D eigenvalue weighted by Crippen LogP contribution is 2.25. The van der Waals surface area contributed by atoms with Crippen molar-refractivity contribution in [3.8, 4) is 5.75 Å². The van der Waals surface area contributed by atoms with Gasteiger partial charge in [-0.25, -0.2) is 4.79 Å². The van der Waals surface area contributed by atoms with Gasteiger partial charge in [-0.1, -0.05) is 12.1 Å². The predicted molar refractivity (Wildman–Crippen MR) is 101 cm³/mol. The number of aromatic nitrogens is 1. The predicted octanol–water partition coefficient (Wildman–Crippen LogP) is 2.04. The van der Waals surface area contributed by atoms with Crippen molar-refractivity contribution in [1.82, 2.24) is 9.88 Å². The number of rotatable bonds is 6. The van der Waals surface area contributed by atoms with Crippen LogP contribution < -0.4 is 15.4 Å². The van der Waals surface area contributed by atoms with E-state index in [-0.39, 0.29) is 19.1 Å². The van der Waals surface area contributed by atoms with Gasteiger partial charge in [0.1, 0.15) is 5.75 Å². The Kier molecular flexibility index (Phi) is 6.05. The van der Waals surface area contributed by atoms with Crippen LogP contribution in [0.4, 0.5) is 16.2 Å². The summed E-state index contributed by atoms with van der Waals surface area (Å²) in [6, 6.07) is 9.74. The van der Waals surface area contributed by atoms with Gasteiger partial charge in [0.15, 0.2) is 6.61 Å².